The van der Waals surface area contributed by atoms with Crippen LogP contribution in [0.1, 0.15) is 23.7 Å². The van der Waals surface area contributed by atoms with Gasteiger partial charge in [0.2, 0.25) is 5.91 Å². The lowest BCUT2D eigenvalue weighted by Gasteiger charge is -2.35. The molecule has 3 atom stereocenters. The van der Waals surface area contributed by atoms with E-state index in [0.717, 1.165) is 5.39 Å². The van der Waals surface area contributed by atoms with E-state index in [1.807, 2.05) is 18.2 Å². The SMILES string of the molecule is CC(C#N)C(=O)N1C[C@@H](F)C[C@H](NC(=O)c2ccc3cccnc3c2)C1. The highest BCUT2D eigenvalue weighted by atomic mass is 19.1. The average molecular weight is 354 g/mol. The molecule has 2 amide bonds. The van der Waals surface area contributed by atoms with Crippen molar-refractivity contribution >= 4 is 22.7 Å². The third kappa shape index (κ3) is 3.80. The second-order valence-corrected chi connectivity index (χ2v) is 6.51. The summed E-state index contributed by atoms with van der Waals surface area (Å²) in [5, 5.41) is 12.6. The van der Waals surface area contributed by atoms with Crippen molar-refractivity contribution in [2.75, 3.05) is 13.1 Å². The molecule has 26 heavy (non-hydrogen) atoms. The first-order valence-corrected chi connectivity index (χ1v) is 8.46. The third-order valence-electron chi connectivity index (χ3n) is 4.48. The Hall–Kier alpha value is -3.01. The van der Waals surface area contributed by atoms with Crippen LogP contribution in [0.3, 0.4) is 0 Å². The van der Waals surface area contributed by atoms with Gasteiger partial charge in [0.15, 0.2) is 0 Å². The fourth-order valence-corrected chi connectivity index (χ4v) is 3.13. The van der Waals surface area contributed by atoms with Crippen LogP contribution in [0.4, 0.5) is 4.39 Å². The number of nitrogens with one attached hydrogen (secondary N) is 1. The van der Waals surface area contributed by atoms with E-state index >= 15 is 0 Å². The number of alkyl halides is 1. The Labute approximate surface area is 150 Å². The van der Waals surface area contributed by atoms with Crippen LogP contribution in [0, 0.1) is 17.2 Å². The van der Waals surface area contributed by atoms with Gasteiger partial charge in [-0.05, 0) is 25.1 Å². The molecule has 1 N–H and O–H groups in total. The number of rotatable bonds is 3. The lowest BCUT2D eigenvalue weighted by atomic mass is 10.0. The second-order valence-electron chi connectivity index (χ2n) is 6.51. The maximum atomic E-state index is 14.0. The number of piperidine rings is 1. The van der Waals surface area contributed by atoms with Gasteiger partial charge in [-0.3, -0.25) is 14.6 Å². The molecular formula is C19H19FN4O2. The molecule has 1 aliphatic heterocycles. The number of carbonyl (C=O) groups excluding carboxylic acids is 2. The first-order valence-electron chi connectivity index (χ1n) is 8.46. The van der Waals surface area contributed by atoms with Gasteiger partial charge in [0.1, 0.15) is 12.1 Å². The first kappa shape index (κ1) is 17.8. The number of aromatic nitrogens is 1. The van der Waals surface area contributed by atoms with Crippen LogP contribution in [0.5, 0.6) is 0 Å². The summed E-state index contributed by atoms with van der Waals surface area (Å²) in [6.07, 6.45) is 0.559. The number of pyridine rings is 1. The fraction of sp³-hybridized carbons (Fsp3) is 0.368. The molecule has 1 aromatic heterocycles. The molecule has 1 unspecified atom stereocenters. The first-order chi connectivity index (χ1) is 12.5. The summed E-state index contributed by atoms with van der Waals surface area (Å²) in [6.45, 7) is 1.64. The zero-order valence-corrected chi connectivity index (χ0v) is 14.4. The highest BCUT2D eigenvalue weighted by Gasteiger charge is 2.32. The molecule has 1 aliphatic rings. The summed E-state index contributed by atoms with van der Waals surface area (Å²) in [6, 6.07) is 10.3. The lowest BCUT2D eigenvalue weighted by molar-refractivity contribution is -0.135. The van der Waals surface area contributed by atoms with Crippen LogP contribution in [0.2, 0.25) is 0 Å². The van der Waals surface area contributed by atoms with Gasteiger partial charge < -0.3 is 10.2 Å². The smallest absolute Gasteiger partial charge is 0.251 e. The number of nitriles is 1. The van der Waals surface area contributed by atoms with E-state index in [2.05, 4.69) is 10.3 Å². The van der Waals surface area contributed by atoms with Gasteiger partial charge >= 0.3 is 0 Å². The molecule has 2 heterocycles. The molecule has 7 heteroatoms. The Balaban J connectivity index is 1.71. The van der Waals surface area contributed by atoms with Crippen molar-refractivity contribution in [3.63, 3.8) is 0 Å². The van der Waals surface area contributed by atoms with E-state index in [0.29, 0.717) is 11.1 Å². The molecule has 3 rings (SSSR count). The summed E-state index contributed by atoms with van der Waals surface area (Å²) in [4.78, 5) is 30.2. The number of hydrogen-bond acceptors (Lipinski definition) is 4. The van der Waals surface area contributed by atoms with Crippen molar-refractivity contribution in [3.8, 4) is 6.07 Å². The van der Waals surface area contributed by atoms with Gasteiger partial charge in [-0.1, -0.05) is 12.1 Å². The minimum atomic E-state index is -1.23. The van der Waals surface area contributed by atoms with Crippen LogP contribution < -0.4 is 5.32 Å². The molecule has 134 valence electrons. The number of halogens is 1. The maximum Gasteiger partial charge on any atom is 0.251 e. The van der Waals surface area contributed by atoms with Crippen LogP contribution in [0.15, 0.2) is 36.5 Å². The number of amides is 2. The highest BCUT2D eigenvalue weighted by molar-refractivity contribution is 5.98. The van der Waals surface area contributed by atoms with Gasteiger partial charge in [0, 0.05) is 36.2 Å². The number of carbonyl (C=O) groups is 2. The fourth-order valence-electron chi connectivity index (χ4n) is 3.13. The van der Waals surface area contributed by atoms with E-state index in [9.17, 15) is 14.0 Å². The number of fused-ring (bicyclic) bond motifs is 1. The predicted molar refractivity (Wildman–Crippen MR) is 93.9 cm³/mol. The zero-order chi connectivity index (χ0) is 18.7. The van der Waals surface area contributed by atoms with Gasteiger partial charge in [-0.15, -0.1) is 0 Å². The number of nitrogens with zero attached hydrogens (tertiary/aromatic N) is 3. The van der Waals surface area contributed by atoms with Crippen molar-refractivity contribution in [2.24, 2.45) is 5.92 Å². The Morgan fingerprint density at radius 2 is 2.19 bits per heavy atom. The Morgan fingerprint density at radius 3 is 2.96 bits per heavy atom. The van der Waals surface area contributed by atoms with Crippen LogP contribution in [-0.2, 0) is 4.79 Å². The summed E-state index contributed by atoms with van der Waals surface area (Å²) < 4.78 is 14.0. The molecule has 0 bridgehead atoms. The Morgan fingerprint density at radius 1 is 1.38 bits per heavy atom. The Kier molecular flexibility index (Phi) is 5.12. The van der Waals surface area contributed by atoms with E-state index in [1.165, 1.54) is 11.8 Å². The number of hydrogen-bond donors (Lipinski definition) is 1. The maximum absolute atomic E-state index is 14.0. The van der Waals surface area contributed by atoms with Gasteiger partial charge in [-0.25, -0.2) is 4.39 Å². The minimum Gasteiger partial charge on any atom is -0.347 e. The quantitative estimate of drug-likeness (QED) is 0.914. The molecule has 1 saturated heterocycles. The molecular weight excluding hydrogens is 335 g/mol. The Bertz CT molecular complexity index is 879. The van der Waals surface area contributed by atoms with Crippen LogP contribution in [0.25, 0.3) is 10.9 Å². The summed E-state index contributed by atoms with van der Waals surface area (Å²) in [7, 11) is 0. The molecule has 0 radical (unpaired) electrons. The van der Waals surface area contributed by atoms with Crippen LogP contribution in [-0.4, -0.2) is 47.0 Å². The highest BCUT2D eigenvalue weighted by Crippen LogP contribution is 2.18. The van der Waals surface area contributed by atoms with Crippen LogP contribution >= 0.6 is 0 Å². The summed E-state index contributed by atoms with van der Waals surface area (Å²) >= 11 is 0. The van der Waals surface area contributed by atoms with E-state index in [-0.39, 0.29) is 25.4 Å². The summed E-state index contributed by atoms with van der Waals surface area (Å²) in [5.41, 5.74) is 1.13. The molecule has 6 nitrogen and oxygen atoms in total. The van der Waals surface area contributed by atoms with Crippen molar-refractivity contribution in [2.45, 2.75) is 25.6 Å². The largest absolute Gasteiger partial charge is 0.347 e. The van der Waals surface area contributed by atoms with Gasteiger partial charge in [-0.2, -0.15) is 5.26 Å². The summed E-state index contributed by atoms with van der Waals surface area (Å²) in [5.74, 6) is -1.58. The van der Waals surface area contributed by atoms with Gasteiger partial charge in [0.05, 0.1) is 18.1 Å². The number of benzene rings is 1. The van der Waals surface area contributed by atoms with Gasteiger partial charge in [0.25, 0.3) is 5.91 Å². The molecule has 0 aliphatic carbocycles. The predicted octanol–water partition coefficient (Wildman–Crippen LogP) is 2.06. The second kappa shape index (κ2) is 7.48. The molecule has 1 aromatic carbocycles. The third-order valence-corrected chi connectivity index (χ3v) is 4.48. The zero-order valence-electron chi connectivity index (χ0n) is 14.4. The van der Waals surface area contributed by atoms with Crippen molar-refractivity contribution < 1.29 is 14.0 Å². The number of likely N-dealkylation sites (tertiary alicyclic amines) is 1. The lowest BCUT2D eigenvalue weighted by Crippen LogP contribution is -2.54. The molecule has 1 fully saturated rings. The topological polar surface area (TPSA) is 86.1 Å². The van der Waals surface area contributed by atoms with E-state index in [1.54, 1.807) is 24.4 Å². The van der Waals surface area contributed by atoms with E-state index in [4.69, 9.17) is 5.26 Å². The van der Waals surface area contributed by atoms with Crippen molar-refractivity contribution in [1.29, 1.82) is 5.26 Å². The monoisotopic (exact) mass is 354 g/mol. The standard InChI is InChI=1S/C19H19FN4O2/c1-12(9-21)19(26)24-10-15(20)8-16(11-24)23-18(25)14-5-4-13-3-2-6-22-17(13)7-14/h2-7,12,15-16H,8,10-11H2,1H3,(H,23,25)/t12?,15-,16-/m0/s1. The normalized spacial score (nSPS) is 21.0. The molecule has 2 aromatic rings. The minimum absolute atomic E-state index is 0.0445. The van der Waals surface area contributed by atoms with E-state index < -0.39 is 24.0 Å². The van der Waals surface area contributed by atoms with Crippen molar-refractivity contribution in [1.82, 2.24) is 15.2 Å². The van der Waals surface area contributed by atoms with Crippen molar-refractivity contribution in [3.05, 3.63) is 42.1 Å². The average Bonchev–Trinajstić information content (AvgIpc) is 2.65. The molecule has 0 spiro atoms. The molecule has 0 saturated carbocycles.